The molecule has 0 saturated heterocycles. The fraction of sp³-hybridized carbons (Fsp3) is 0.174. The molecule has 0 radical (unpaired) electrons. The highest BCUT2D eigenvalue weighted by molar-refractivity contribution is 6.08. The summed E-state index contributed by atoms with van der Waals surface area (Å²) >= 11 is 0. The van der Waals surface area contributed by atoms with Crippen molar-refractivity contribution in [2.75, 3.05) is 5.32 Å². The van der Waals surface area contributed by atoms with Crippen LogP contribution in [0.15, 0.2) is 71.8 Å². The van der Waals surface area contributed by atoms with Gasteiger partial charge in [0.15, 0.2) is 0 Å². The van der Waals surface area contributed by atoms with E-state index in [0.717, 1.165) is 6.42 Å². The molecule has 29 heavy (non-hydrogen) atoms. The Labute approximate surface area is 168 Å². The van der Waals surface area contributed by atoms with Gasteiger partial charge in [0, 0.05) is 24.6 Å². The molecule has 0 bridgehead atoms. The van der Waals surface area contributed by atoms with E-state index in [9.17, 15) is 9.59 Å². The monoisotopic (exact) mass is 386 g/mol. The number of aromatic nitrogens is 3. The van der Waals surface area contributed by atoms with Crippen LogP contribution in [-0.4, -0.2) is 20.3 Å². The Morgan fingerprint density at radius 2 is 1.72 bits per heavy atom. The Balaban J connectivity index is 1.78. The molecule has 2 aliphatic heterocycles. The molecular formula is C23H22N4O2. The van der Waals surface area contributed by atoms with Crippen LogP contribution in [0.25, 0.3) is 16.9 Å². The molecule has 2 heterocycles. The summed E-state index contributed by atoms with van der Waals surface area (Å²) in [6.45, 7) is 4.68. The van der Waals surface area contributed by atoms with Gasteiger partial charge in [0.2, 0.25) is 0 Å². The summed E-state index contributed by atoms with van der Waals surface area (Å²) in [6, 6.07) is 16.9. The lowest BCUT2D eigenvalue weighted by atomic mass is 10.1. The van der Waals surface area contributed by atoms with E-state index in [0.29, 0.717) is 34.7 Å². The standard InChI is InChI=1S/C23H22N4O2/c1-3-16-10-12-17(13-11-16)24-22(28)19-14-26(4-2)15-20-21(19)25-27(23(20)29)18-8-6-5-7-9-18/h5-15H,3-4H2,1-2H3,(H,24,28). The van der Waals surface area contributed by atoms with Gasteiger partial charge in [-0.05, 0) is 43.2 Å². The first-order valence-electron chi connectivity index (χ1n) is 9.69. The predicted octanol–water partition coefficient (Wildman–Crippen LogP) is 3.97. The van der Waals surface area contributed by atoms with Gasteiger partial charge in [0.25, 0.3) is 11.5 Å². The van der Waals surface area contributed by atoms with Gasteiger partial charge in [0.05, 0.1) is 16.8 Å². The zero-order valence-electron chi connectivity index (χ0n) is 16.4. The van der Waals surface area contributed by atoms with Crippen LogP contribution in [0.5, 0.6) is 0 Å². The highest BCUT2D eigenvalue weighted by atomic mass is 16.2. The van der Waals surface area contributed by atoms with E-state index in [-0.39, 0.29) is 11.5 Å². The van der Waals surface area contributed by atoms with Gasteiger partial charge >= 0.3 is 0 Å². The van der Waals surface area contributed by atoms with Crippen molar-refractivity contribution >= 4 is 11.6 Å². The molecule has 0 fully saturated rings. The second kappa shape index (κ2) is 7.75. The van der Waals surface area contributed by atoms with Crippen LogP contribution >= 0.6 is 0 Å². The van der Waals surface area contributed by atoms with Crippen LogP contribution in [0, 0.1) is 0 Å². The zero-order valence-corrected chi connectivity index (χ0v) is 16.4. The molecule has 2 aromatic carbocycles. The van der Waals surface area contributed by atoms with Gasteiger partial charge in [-0.2, -0.15) is 9.78 Å². The van der Waals surface area contributed by atoms with Crippen LogP contribution < -0.4 is 10.9 Å². The van der Waals surface area contributed by atoms with Crippen LogP contribution in [0.4, 0.5) is 5.69 Å². The van der Waals surface area contributed by atoms with Gasteiger partial charge < -0.3 is 9.88 Å². The summed E-state index contributed by atoms with van der Waals surface area (Å²) in [5.41, 5.74) is 3.52. The first kappa shape index (κ1) is 18.7. The number of carbonyl (C=O) groups excluding carboxylic acids is 1. The van der Waals surface area contributed by atoms with E-state index >= 15 is 0 Å². The normalized spacial score (nSPS) is 11.0. The summed E-state index contributed by atoms with van der Waals surface area (Å²) in [7, 11) is 0. The molecule has 1 amide bonds. The van der Waals surface area contributed by atoms with Gasteiger partial charge in [-0.25, -0.2) is 0 Å². The minimum Gasteiger partial charge on any atom is -0.353 e. The number of amides is 1. The van der Waals surface area contributed by atoms with Crippen LogP contribution in [0.2, 0.25) is 0 Å². The van der Waals surface area contributed by atoms with Crippen molar-refractivity contribution in [2.45, 2.75) is 26.8 Å². The summed E-state index contributed by atoms with van der Waals surface area (Å²) < 4.78 is 3.17. The Morgan fingerprint density at radius 3 is 2.38 bits per heavy atom. The van der Waals surface area contributed by atoms with Gasteiger partial charge in [-0.15, -0.1) is 0 Å². The maximum atomic E-state index is 13.0. The molecule has 0 unspecified atom stereocenters. The molecule has 0 saturated carbocycles. The van der Waals surface area contributed by atoms with E-state index < -0.39 is 0 Å². The molecule has 1 N–H and O–H groups in total. The van der Waals surface area contributed by atoms with Crippen molar-refractivity contribution in [3.63, 3.8) is 0 Å². The number of pyridine rings is 1. The molecule has 0 aliphatic carbocycles. The van der Waals surface area contributed by atoms with Crippen molar-refractivity contribution in [3.05, 3.63) is 88.5 Å². The lowest BCUT2D eigenvalue weighted by Gasteiger charge is -2.11. The number of nitrogens with zero attached hydrogens (tertiary/aromatic N) is 3. The lowest BCUT2D eigenvalue weighted by molar-refractivity contribution is 0.102. The minimum absolute atomic E-state index is 0.240. The number of hydrogen-bond acceptors (Lipinski definition) is 3. The largest absolute Gasteiger partial charge is 0.353 e. The quantitative estimate of drug-likeness (QED) is 0.564. The zero-order chi connectivity index (χ0) is 20.4. The second-order valence-corrected chi connectivity index (χ2v) is 6.82. The molecule has 6 heteroatoms. The highest BCUT2D eigenvalue weighted by Crippen LogP contribution is 2.23. The molecule has 0 atom stereocenters. The number of fused-ring (bicyclic) bond motifs is 1. The number of carbonyl (C=O) groups is 1. The molecule has 0 spiro atoms. The van der Waals surface area contributed by atoms with Crippen LogP contribution in [0.1, 0.15) is 29.8 Å². The summed E-state index contributed by atoms with van der Waals surface area (Å²) in [4.78, 5) is 26.0. The third-order valence-corrected chi connectivity index (χ3v) is 4.95. The molecular weight excluding hydrogens is 364 g/mol. The van der Waals surface area contributed by atoms with Crippen molar-refractivity contribution in [2.24, 2.45) is 0 Å². The molecule has 2 aromatic rings. The van der Waals surface area contributed by atoms with Gasteiger partial charge in [-0.1, -0.05) is 37.3 Å². The van der Waals surface area contributed by atoms with Crippen molar-refractivity contribution < 1.29 is 4.79 Å². The summed E-state index contributed by atoms with van der Waals surface area (Å²) in [5, 5.41) is 7.40. The molecule has 2 aliphatic rings. The minimum atomic E-state index is -0.292. The predicted molar refractivity (Wildman–Crippen MR) is 114 cm³/mol. The fourth-order valence-electron chi connectivity index (χ4n) is 3.28. The highest BCUT2D eigenvalue weighted by Gasteiger charge is 2.24. The SMILES string of the molecule is CCc1ccc(NC(=O)c2cn(CC)cc3c(=O)n(-c4ccccc4)nc2-3)cc1. The van der Waals surface area contributed by atoms with Crippen LogP contribution in [0.3, 0.4) is 0 Å². The summed E-state index contributed by atoms with van der Waals surface area (Å²) in [5.74, 6) is -0.292. The van der Waals surface area contributed by atoms with Crippen molar-refractivity contribution in [1.82, 2.24) is 14.3 Å². The lowest BCUT2D eigenvalue weighted by Crippen LogP contribution is -2.17. The second-order valence-electron chi connectivity index (χ2n) is 6.82. The Kier molecular flexibility index (Phi) is 4.99. The van der Waals surface area contributed by atoms with Gasteiger partial charge in [-0.3, -0.25) is 9.59 Å². The average molecular weight is 386 g/mol. The maximum Gasteiger partial charge on any atom is 0.282 e. The third-order valence-electron chi connectivity index (χ3n) is 4.95. The molecule has 6 nitrogen and oxygen atoms in total. The Hall–Kier alpha value is -3.67. The molecule has 146 valence electrons. The van der Waals surface area contributed by atoms with E-state index in [1.54, 1.807) is 12.4 Å². The topological polar surface area (TPSA) is 68.9 Å². The van der Waals surface area contributed by atoms with E-state index in [4.69, 9.17) is 0 Å². The van der Waals surface area contributed by atoms with Crippen LogP contribution in [-0.2, 0) is 13.0 Å². The number of aryl methyl sites for hydroxylation is 2. The molecule has 0 aromatic heterocycles. The van der Waals surface area contributed by atoms with Crippen molar-refractivity contribution in [3.8, 4) is 16.9 Å². The van der Waals surface area contributed by atoms with Gasteiger partial charge in [0.1, 0.15) is 5.69 Å². The molecule has 4 rings (SSSR count). The fourth-order valence-corrected chi connectivity index (χ4v) is 3.28. The Morgan fingerprint density at radius 1 is 1.00 bits per heavy atom. The number of rotatable bonds is 5. The Bertz CT molecular complexity index is 1170. The number of para-hydroxylation sites is 1. The third kappa shape index (κ3) is 3.57. The first-order valence-corrected chi connectivity index (χ1v) is 9.69. The number of benzene rings is 2. The number of nitrogens with one attached hydrogen (secondary N) is 1. The number of anilines is 1. The summed E-state index contributed by atoms with van der Waals surface area (Å²) in [6.07, 6.45) is 4.42. The maximum absolute atomic E-state index is 13.0. The average Bonchev–Trinajstić information content (AvgIpc) is 3.10. The van der Waals surface area contributed by atoms with E-state index in [1.165, 1.54) is 10.2 Å². The van der Waals surface area contributed by atoms with E-state index in [2.05, 4.69) is 17.3 Å². The van der Waals surface area contributed by atoms with E-state index in [1.807, 2.05) is 66.1 Å². The van der Waals surface area contributed by atoms with Crippen molar-refractivity contribution in [1.29, 1.82) is 0 Å². The smallest absolute Gasteiger partial charge is 0.282 e. The number of hydrogen-bond donors (Lipinski definition) is 1. The first-order chi connectivity index (χ1) is 14.1.